The number of carbonyl (C=O) groups excluding carboxylic acids is 1. The summed E-state index contributed by atoms with van der Waals surface area (Å²) >= 11 is 5.86. The van der Waals surface area contributed by atoms with Gasteiger partial charge in [-0.1, -0.05) is 35.4 Å². The molecule has 0 radical (unpaired) electrons. The number of fused-ring (bicyclic) bond motifs is 1. The predicted molar refractivity (Wildman–Crippen MR) is 79.1 cm³/mol. The molecule has 0 spiro atoms. The van der Waals surface area contributed by atoms with Gasteiger partial charge in [0, 0.05) is 21.8 Å². The monoisotopic (exact) mass is 269 g/mol. The molecule has 2 aromatic rings. The highest BCUT2D eigenvalue weighted by molar-refractivity contribution is 6.35. The number of rotatable bonds is 1. The van der Waals surface area contributed by atoms with Crippen LogP contribution in [0.4, 0.5) is 5.69 Å². The Bertz CT molecular complexity index is 686. The minimum Gasteiger partial charge on any atom is -0.321 e. The van der Waals surface area contributed by atoms with E-state index in [9.17, 15) is 4.79 Å². The van der Waals surface area contributed by atoms with Gasteiger partial charge in [0.2, 0.25) is 0 Å². The molecule has 2 nitrogen and oxygen atoms in total. The number of anilines is 1. The van der Waals surface area contributed by atoms with E-state index in [1.54, 1.807) is 0 Å². The first-order valence-corrected chi connectivity index (χ1v) is 6.41. The molecule has 0 aromatic heterocycles. The number of nitrogens with one attached hydrogen (secondary N) is 1. The molecule has 0 aliphatic carbocycles. The van der Waals surface area contributed by atoms with E-state index in [2.05, 4.69) is 5.32 Å². The van der Waals surface area contributed by atoms with Crippen LogP contribution in [0.25, 0.3) is 11.6 Å². The second-order valence-corrected chi connectivity index (χ2v) is 5.05. The molecule has 0 atom stereocenters. The fourth-order valence-corrected chi connectivity index (χ4v) is 2.30. The van der Waals surface area contributed by atoms with Crippen LogP contribution in [0.5, 0.6) is 0 Å². The summed E-state index contributed by atoms with van der Waals surface area (Å²) in [6, 6.07) is 13.4. The first-order chi connectivity index (χ1) is 9.13. The lowest BCUT2D eigenvalue weighted by molar-refractivity contribution is -0.110. The van der Waals surface area contributed by atoms with Gasteiger partial charge >= 0.3 is 0 Å². The minimum atomic E-state index is -0.0597. The van der Waals surface area contributed by atoms with E-state index in [0.717, 1.165) is 22.4 Å². The van der Waals surface area contributed by atoms with Crippen molar-refractivity contribution in [3.63, 3.8) is 0 Å². The standard InChI is InChI=1S/C16H12ClNO/c1-10-2-7-15-13(8-10)14(16(19)18-15)9-11-3-5-12(17)6-4-11/h2-9H,1H3,(H,18,19). The molecule has 0 fully saturated rings. The normalized spacial score (nSPS) is 15.5. The van der Waals surface area contributed by atoms with Crippen molar-refractivity contribution in [1.82, 2.24) is 0 Å². The third-order valence-electron chi connectivity index (χ3n) is 3.14. The number of hydrogen-bond donors (Lipinski definition) is 1. The van der Waals surface area contributed by atoms with Crippen LogP contribution in [-0.2, 0) is 4.79 Å². The Morgan fingerprint density at radius 1 is 1.11 bits per heavy atom. The second kappa shape index (κ2) is 4.56. The van der Waals surface area contributed by atoms with Gasteiger partial charge in [0.25, 0.3) is 5.91 Å². The number of aryl methyl sites for hydroxylation is 1. The Kier molecular flexibility index (Phi) is 2.88. The third-order valence-corrected chi connectivity index (χ3v) is 3.39. The predicted octanol–water partition coefficient (Wildman–Crippen LogP) is 4.14. The zero-order valence-corrected chi connectivity index (χ0v) is 11.2. The van der Waals surface area contributed by atoms with Crippen molar-refractivity contribution in [2.24, 2.45) is 0 Å². The van der Waals surface area contributed by atoms with Crippen molar-refractivity contribution in [1.29, 1.82) is 0 Å². The summed E-state index contributed by atoms with van der Waals surface area (Å²) < 4.78 is 0. The molecule has 0 bridgehead atoms. The fourth-order valence-electron chi connectivity index (χ4n) is 2.17. The van der Waals surface area contributed by atoms with Crippen molar-refractivity contribution in [2.45, 2.75) is 6.92 Å². The zero-order chi connectivity index (χ0) is 13.4. The van der Waals surface area contributed by atoms with Gasteiger partial charge < -0.3 is 5.32 Å². The third kappa shape index (κ3) is 2.27. The van der Waals surface area contributed by atoms with E-state index in [4.69, 9.17) is 11.6 Å². The Hall–Kier alpha value is -2.06. The first-order valence-electron chi connectivity index (χ1n) is 6.03. The lowest BCUT2D eigenvalue weighted by Crippen LogP contribution is -2.03. The summed E-state index contributed by atoms with van der Waals surface area (Å²) in [5.41, 5.74) is 4.62. The molecule has 94 valence electrons. The summed E-state index contributed by atoms with van der Waals surface area (Å²) in [5, 5.41) is 3.56. The molecular weight excluding hydrogens is 258 g/mol. The molecule has 0 saturated heterocycles. The van der Waals surface area contributed by atoms with Crippen LogP contribution in [0, 0.1) is 6.92 Å². The van der Waals surface area contributed by atoms with Gasteiger partial charge in [0.15, 0.2) is 0 Å². The van der Waals surface area contributed by atoms with Crippen LogP contribution in [0.1, 0.15) is 16.7 Å². The maximum absolute atomic E-state index is 12.0. The van der Waals surface area contributed by atoms with Crippen molar-refractivity contribution >= 4 is 34.8 Å². The Morgan fingerprint density at radius 2 is 1.84 bits per heavy atom. The molecule has 0 saturated carbocycles. The Labute approximate surface area is 116 Å². The summed E-state index contributed by atoms with van der Waals surface area (Å²) in [6.45, 7) is 2.02. The molecule has 1 amide bonds. The van der Waals surface area contributed by atoms with Crippen molar-refractivity contribution in [3.8, 4) is 0 Å². The lowest BCUT2D eigenvalue weighted by atomic mass is 10.0. The van der Waals surface area contributed by atoms with Crippen LogP contribution in [0.2, 0.25) is 5.02 Å². The molecule has 2 aromatic carbocycles. The van der Waals surface area contributed by atoms with Gasteiger partial charge in [-0.3, -0.25) is 4.79 Å². The SMILES string of the molecule is Cc1ccc2c(c1)C(=Cc1ccc(Cl)cc1)C(=O)N2. The van der Waals surface area contributed by atoms with E-state index in [-0.39, 0.29) is 5.91 Å². The van der Waals surface area contributed by atoms with E-state index >= 15 is 0 Å². The van der Waals surface area contributed by atoms with E-state index in [0.29, 0.717) is 10.6 Å². The molecule has 3 rings (SSSR count). The van der Waals surface area contributed by atoms with Crippen molar-refractivity contribution < 1.29 is 4.79 Å². The molecule has 3 heteroatoms. The minimum absolute atomic E-state index is 0.0597. The molecule has 1 heterocycles. The second-order valence-electron chi connectivity index (χ2n) is 4.61. The van der Waals surface area contributed by atoms with E-state index in [1.807, 2.05) is 55.5 Å². The van der Waals surface area contributed by atoms with Crippen LogP contribution < -0.4 is 5.32 Å². The van der Waals surface area contributed by atoms with Crippen LogP contribution in [0.3, 0.4) is 0 Å². The Morgan fingerprint density at radius 3 is 2.58 bits per heavy atom. The number of amides is 1. The Balaban J connectivity index is 2.08. The van der Waals surface area contributed by atoms with Gasteiger partial charge in [0.1, 0.15) is 0 Å². The molecule has 19 heavy (non-hydrogen) atoms. The van der Waals surface area contributed by atoms with E-state index < -0.39 is 0 Å². The summed E-state index contributed by atoms with van der Waals surface area (Å²) in [7, 11) is 0. The van der Waals surface area contributed by atoms with Crippen molar-refractivity contribution in [2.75, 3.05) is 5.32 Å². The van der Waals surface area contributed by atoms with Crippen LogP contribution in [0.15, 0.2) is 42.5 Å². The summed E-state index contributed by atoms with van der Waals surface area (Å²) in [5.74, 6) is -0.0597. The highest BCUT2D eigenvalue weighted by Gasteiger charge is 2.23. The van der Waals surface area contributed by atoms with Gasteiger partial charge in [-0.25, -0.2) is 0 Å². The number of benzene rings is 2. The largest absolute Gasteiger partial charge is 0.321 e. The van der Waals surface area contributed by atoms with Crippen molar-refractivity contribution in [3.05, 3.63) is 64.2 Å². The lowest BCUT2D eigenvalue weighted by Gasteiger charge is -2.00. The molecule has 0 unspecified atom stereocenters. The number of halogens is 1. The number of hydrogen-bond acceptors (Lipinski definition) is 1. The zero-order valence-electron chi connectivity index (χ0n) is 10.4. The molecular formula is C16H12ClNO. The van der Waals surface area contributed by atoms with E-state index in [1.165, 1.54) is 0 Å². The number of carbonyl (C=O) groups is 1. The molecule has 1 aliphatic heterocycles. The van der Waals surface area contributed by atoms with Gasteiger partial charge in [-0.15, -0.1) is 0 Å². The van der Waals surface area contributed by atoms with Crippen LogP contribution >= 0.6 is 11.6 Å². The first kappa shape index (κ1) is 12.0. The van der Waals surface area contributed by atoms with Gasteiger partial charge in [-0.05, 0) is 42.8 Å². The smallest absolute Gasteiger partial charge is 0.256 e. The highest BCUT2D eigenvalue weighted by atomic mass is 35.5. The van der Waals surface area contributed by atoms with Gasteiger partial charge in [-0.2, -0.15) is 0 Å². The summed E-state index contributed by atoms with van der Waals surface area (Å²) in [6.07, 6.45) is 1.89. The quantitative estimate of drug-likeness (QED) is 0.775. The van der Waals surface area contributed by atoms with Crippen LogP contribution in [-0.4, -0.2) is 5.91 Å². The maximum Gasteiger partial charge on any atom is 0.256 e. The average Bonchev–Trinajstić information content (AvgIpc) is 2.69. The fraction of sp³-hybridized carbons (Fsp3) is 0.0625. The highest BCUT2D eigenvalue weighted by Crippen LogP contribution is 2.33. The maximum atomic E-state index is 12.0. The summed E-state index contributed by atoms with van der Waals surface area (Å²) in [4.78, 5) is 12.0. The average molecular weight is 270 g/mol. The molecule has 1 N–H and O–H groups in total. The molecule has 1 aliphatic rings. The van der Waals surface area contributed by atoms with Gasteiger partial charge in [0.05, 0.1) is 0 Å². The topological polar surface area (TPSA) is 29.1 Å².